The zero-order valence-corrected chi connectivity index (χ0v) is 17.9. The molecule has 2 aliphatic rings. The highest BCUT2D eigenvalue weighted by molar-refractivity contribution is 4.85. The van der Waals surface area contributed by atoms with Crippen LogP contribution >= 0.6 is 0 Å². The second kappa shape index (κ2) is 11.1. The van der Waals surface area contributed by atoms with Gasteiger partial charge in [0.2, 0.25) is 0 Å². The van der Waals surface area contributed by atoms with E-state index in [1.807, 2.05) is 13.8 Å². The van der Waals surface area contributed by atoms with Gasteiger partial charge in [-0.05, 0) is 60.3 Å². The first-order chi connectivity index (χ1) is 12.7. The number of alkyl halides is 1. The Morgan fingerprint density at radius 2 is 1.63 bits per heavy atom. The first kappa shape index (κ1) is 23.0. The summed E-state index contributed by atoms with van der Waals surface area (Å²) in [6.07, 6.45) is 5.48. The number of hydrogen-bond acceptors (Lipinski definition) is 5. The average Bonchev–Trinajstić information content (AvgIpc) is 2.53. The normalized spacial score (nSPS) is 27.1. The summed E-state index contributed by atoms with van der Waals surface area (Å²) in [6, 6.07) is 0. The average molecular weight is 390 g/mol. The number of hydrogen-bond donors (Lipinski definition) is 0. The van der Waals surface area contributed by atoms with E-state index in [2.05, 4.69) is 18.7 Å². The maximum Gasteiger partial charge on any atom is 0.144 e. The molecule has 2 fully saturated rings. The molecule has 1 aliphatic carbocycles. The number of halogens is 1. The van der Waals surface area contributed by atoms with Crippen LogP contribution in [0.3, 0.4) is 0 Å². The molecule has 0 bridgehead atoms. The molecule has 0 aromatic heterocycles. The molecule has 1 aliphatic heterocycles. The predicted molar refractivity (Wildman–Crippen MR) is 105 cm³/mol. The van der Waals surface area contributed by atoms with Crippen molar-refractivity contribution in [3.63, 3.8) is 0 Å². The Kier molecular flexibility index (Phi) is 9.42. The monoisotopic (exact) mass is 389 g/mol. The molecule has 0 amide bonds. The van der Waals surface area contributed by atoms with E-state index >= 15 is 0 Å². The topological polar surface area (TPSA) is 40.2 Å². The van der Waals surface area contributed by atoms with Crippen LogP contribution in [0.25, 0.3) is 0 Å². The molecule has 0 aromatic rings. The maximum atomic E-state index is 14.7. The lowest BCUT2D eigenvalue weighted by Crippen LogP contribution is -2.47. The van der Waals surface area contributed by atoms with Gasteiger partial charge in [0, 0.05) is 19.6 Å². The highest BCUT2D eigenvalue weighted by atomic mass is 19.1. The molecule has 6 heteroatoms. The highest BCUT2D eigenvalue weighted by Crippen LogP contribution is 2.30. The van der Waals surface area contributed by atoms with Crippen molar-refractivity contribution in [2.75, 3.05) is 39.5 Å². The molecule has 1 unspecified atom stereocenters. The van der Waals surface area contributed by atoms with E-state index in [0.717, 1.165) is 38.8 Å². The van der Waals surface area contributed by atoms with Gasteiger partial charge in [-0.25, -0.2) is 4.39 Å². The molecule has 27 heavy (non-hydrogen) atoms. The minimum absolute atomic E-state index is 0.115. The number of nitrogens with zero attached hydrogens (tertiary/aromatic N) is 1. The summed E-state index contributed by atoms with van der Waals surface area (Å²) in [5, 5.41) is 0. The van der Waals surface area contributed by atoms with Gasteiger partial charge < -0.3 is 18.9 Å². The largest absolute Gasteiger partial charge is 0.376 e. The minimum atomic E-state index is -1.33. The molecule has 1 saturated heterocycles. The Labute approximate surface area is 164 Å². The van der Waals surface area contributed by atoms with E-state index in [0.29, 0.717) is 44.2 Å². The van der Waals surface area contributed by atoms with Crippen LogP contribution in [-0.2, 0) is 18.9 Å². The zero-order valence-electron chi connectivity index (χ0n) is 17.9. The molecule has 160 valence electrons. The van der Waals surface area contributed by atoms with E-state index in [9.17, 15) is 4.39 Å². The molecular formula is C21H40FNO4. The molecule has 2 rings (SSSR count). The summed E-state index contributed by atoms with van der Waals surface area (Å²) >= 11 is 0. The van der Waals surface area contributed by atoms with Gasteiger partial charge in [0.15, 0.2) is 0 Å². The van der Waals surface area contributed by atoms with Gasteiger partial charge >= 0.3 is 0 Å². The van der Waals surface area contributed by atoms with Crippen molar-refractivity contribution in [3.05, 3.63) is 0 Å². The molecule has 1 atom stereocenters. The van der Waals surface area contributed by atoms with Crippen molar-refractivity contribution in [1.82, 2.24) is 4.90 Å². The van der Waals surface area contributed by atoms with Crippen molar-refractivity contribution >= 4 is 0 Å². The van der Waals surface area contributed by atoms with Crippen LogP contribution in [0.1, 0.15) is 60.3 Å². The van der Waals surface area contributed by atoms with E-state index in [1.54, 1.807) is 6.92 Å². The second-order valence-electron chi connectivity index (χ2n) is 8.90. The van der Waals surface area contributed by atoms with Crippen LogP contribution in [0.15, 0.2) is 0 Å². The third kappa shape index (κ3) is 9.18. The van der Waals surface area contributed by atoms with Crippen molar-refractivity contribution in [1.29, 1.82) is 0 Å². The van der Waals surface area contributed by atoms with Crippen LogP contribution < -0.4 is 0 Å². The summed E-state index contributed by atoms with van der Waals surface area (Å²) in [5.41, 5.74) is -1.33. The number of ether oxygens (including phenoxy) is 4. The fraction of sp³-hybridized carbons (Fsp3) is 1.00. The molecule has 0 spiro atoms. The fourth-order valence-electron chi connectivity index (χ4n) is 3.74. The minimum Gasteiger partial charge on any atom is -0.376 e. The Bertz CT molecular complexity index is 405. The van der Waals surface area contributed by atoms with Crippen LogP contribution in [0.5, 0.6) is 0 Å². The van der Waals surface area contributed by atoms with Gasteiger partial charge in [0.05, 0.1) is 50.3 Å². The third-order valence-corrected chi connectivity index (χ3v) is 5.07. The SMILES string of the molecule is CC(C)OCCOCC(C)(F)CN1CCC(OC2CC(OC(C)C)C2)CC1. The Hall–Kier alpha value is -0.270. The van der Waals surface area contributed by atoms with Gasteiger partial charge in [-0.15, -0.1) is 0 Å². The maximum absolute atomic E-state index is 14.7. The van der Waals surface area contributed by atoms with E-state index in [1.165, 1.54) is 0 Å². The van der Waals surface area contributed by atoms with Gasteiger partial charge in [0.25, 0.3) is 0 Å². The molecule has 1 heterocycles. The van der Waals surface area contributed by atoms with Crippen molar-refractivity contribution in [3.8, 4) is 0 Å². The van der Waals surface area contributed by atoms with Crippen LogP contribution in [0.4, 0.5) is 4.39 Å². The summed E-state index contributed by atoms with van der Waals surface area (Å²) < 4.78 is 37.6. The van der Waals surface area contributed by atoms with Gasteiger partial charge in [0.1, 0.15) is 5.67 Å². The fourth-order valence-corrected chi connectivity index (χ4v) is 3.74. The van der Waals surface area contributed by atoms with E-state index in [-0.39, 0.29) is 12.7 Å². The number of rotatable bonds is 12. The van der Waals surface area contributed by atoms with Gasteiger partial charge in [-0.3, -0.25) is 4.90 Å². The third-order valence-electron chi connectivity index (χ3n) is 5.07. The summed E-state index contributed by atoms with van der Waals surface area (Å²) in [7, 11) is 0. The number of likely N-dealkylation sites (tertiary alicyclic amines) is 1. The molecule has 0 radical (unpaired) electrons. The molecule has 5 nitrogen and oxygen atoms in total. The smallest absolute Gasteiger partial charge is 0.144 e. The summed E-state index contributed by atoms with van der Waals surface area (Å²) in [5.74, 6) is 0. The predicted octanol–water partition coefficient (Wildman–Crippen LogP) is 3.59. The van der Waals surface area contributed by atoms with E-state index in [4.69, 9.17) is 18.9 Å². The van der Waals surface area contributed by atoms with Gasteiger partial charge in [-0.2, -0.15) is 0 Å². The van der Waals surface area contributed by atoms with Crippen LogP contribution in [-0.4, -0.2) is 80.5 Å². The molecule has 1 saturated carbocycles. The highest BCUT2D eigenvalue weighted by Gasteiger charge is 2.35. The molecule has 0 aromatic carbocycles. The van der Waals surface area contributed by atoms with Crippen molar-refractivity contribution in [2.24, 2.45) is 0 Å². The lowest BCUT2D eigenvalue weighted by molar-refractivity contribution is -0.147. The van der Waals surface area contributed by atoms with Crippen LogP contribution in [0, 0.1) is 0 Å². The van der Waals surface area contributed by atoms with Gasteiger partial charge in [-0.1, -0.05) is 0 Å². The zero-order chi connectivity index (χ0) is 19.9. The lowest BCUT2D eigenvalue weighted by Gasteiger charge is -2.41. The Morgan fingerprint density at radius 1 is 0.963 bits per heavy atom. The summed E-state index contributed by atoms with van der Waals surface area (Å²) in [4.78, 5) is 2.19. The summed E-state index contributed by atoms with van der Waals surface area (Å²) in [6.45, 7) is 13.0. The van der Waals surface area contributed by atoms with Crippen LogP contribution in [0.2, 0.25) is 0 Å². The van der Waals surface area contributed by atoms with Crippen molar-refractivity contribution in [2.45, 2.75) is 96.5 Å². The Balaban J connectivity index is 1.54. The number of piperidine rings is 1. The first-order valence-corrected chi connectivity index (χ1v) is 10.6. The first-order valence-electron chi connectivity index (χ1n) is 10.6. The van der Waals surface area contributed by atoms with E-state index < -0.39 is 5.67 Å². The second-order valence-corrected chi connectivity index (χ2v) is 8.90. The standard InChI is InChI=1S/C21H40FNO4/c1-16(2)25-11-10-24-15-21(5,22)14-23-8-6-18(7-9-23)27-20-12-19(13-20)26-17(3)4/h16-20H,6-15H2,1-5H3. The molecular weight excluding hydrogens is 349 g/mol. The van der Waals surface area contributed by atoms with Crippen molar-refractivity contribution < 1.29 is 23.3 Å². The quantitative estimate of drug-likeness (QED) is 0.477. The Morgan fingerprint density at radius 3 is 2.22 bits per heavy atom. The molecule has 0 N–H and O–H groups in total. The lowest BCUT2D eigenvalue weighted by atomic mass is 9.91.